The maximum absolute atomic E-state index is 13.2. The van der Waals surface area contributed by atoms with Gasteiger partial charge in [-0.15, -0.1) is 0 Å². The summed E-state index contributed by atoms with van der Waals surface area (Å²) in [6.07, 6.45) is -3.64. The minimum Gasteiger partial charge on any atom is -0.337 e. The molecule has 2 N–H and O–H groups in total. The molecule has 4 aromatic rings. The highest BCUT2D eigenvalue weighted by molar-refractivity contribution is 7.99. The quantitative estimate of drug-likeness (QED) is 0.175. The van der Waals surface area contributed by atoms with Crippen molar-refractivity contribution in [2.45, 2.75) is 31.2 Å². The van der Waals surface area contributed by atoms with Crippen LogP contribution in [0.1, 0.15) is 18.9 Å². The van der Waals surface area contributed by atoms with Gasteiger partial charge in [-0.1, -0.05) is 91.5 Å². The van der Waals surface area contributed by atoms with Crippen LogP contribution in [0.2, 0.25) is 0 Å². The maximum Gasteiger partial charge on any atom is 0.418 e. The number of hydrogen-bond acceptors (Lipinski definition) is 3. The Morgan fingerprint density at radius 2 is 1.54 bits per heavy atom. The van der Waals surface area contributed by atoms with E-state index < -0.39 is 17.8 Å². The molecule has 0 aliphatic heterocycles. The zero-order chi connectivity index (χ0) is 26.3. The lowest BCUT2D eigenvalue weighted by atomic mass is 10.0. The summed E-state index contributed by atoms with van der Waals surface area (Å²) in [6.45, 7) is 3.13. The highest BCUT2D eigenvalue weighted by Gasteiger charge is 2.33. The molecule has 0 radical (unpaired) electrons. The Kier molecular flexibility index (Phi) is 8.55. The van der Waals surface area contributed by atoms with E-state index in [1.807, 2.05) is 48.5 Å². The number of para-hydroxylation sites is 1. The fourth-order valence-electron chi connectivity index (χ4n) is 3.97. The molecule has 9 heteroatoms. The summed E-state index contributed by atoms with van der Waals surface area (Å²) in [4.78, 5) is 17.3. The number of anilines is 1. The molecule has 0 spiro atoms. The van der Waals surface area contributed by atoms with Gasteiger partial charge in [0.15, 0.2) is 5.16 Å². The van der Waals surface area contributed by atoms with Crippen molar-refractivity contribution in [3.05, 3.63) is 90.5 Å². The van der Waals surface area contributed by atoms with E-state index in [9.17, 15) is 18.0 Å². The van der Waals surface area contributed by atoms with E-state index in [0.29, 0.717) is 5.75 Å². The summed E-state index contributed by atoms with van der Waals surface area (Å²) in [7, 11) is 0. The average molecular weight is 525 g/mol. The third kappa shape index (κ3) is 6.54. The van der Waals surface area contributed by atoms with Crippen molar-refractivity contribution in [2.24, 2.45) is 0 Å². The highest BCUT2D eigenvalue weighted by atomic mass is 32.2. The molecule has 0 aliphatic carbocycles. The molecule has 0 saturated heterocycles. The van der Waals surface area contributed by atoms with Crippen molar-refractivity contribution in [2.75, 3.05) is 17.6 Å². The van der Waals surface area contributed by atoms with Crippen LogP contribution >= 0.6 is 11.8 Å². The molecular weight excluding hydrogens is 497 g/mol. The Morgan fingerprint density at radius 3 is 2.19 bits per heavy atom. The number of urea groups is 1. The van der Waals surface area contributed by atoms with E-state index in [1.54, 1.807) is 0 Å². The molecule has 192 valence electrons. The fourth-order valence-corrected chi connectivity index (χ4v) is 4.85. The molecule has 3 aromatic carbocycles. The van der Waals surface area contributed by atoms with E-state index in [2.05, 4.69) is 34.3 Å². The van der Waals surface area contributed by atoms with Crippen molar-refractivity contribution in [3.8, 4) is 22.5 Å². The number of aromatic nitrogens is 2. The third-order valence-corrected chi connectivity index (χ3v) is 6.55. The van der Waals surface area contributed by atoms with Gasteiger partial charge in [0, 0.05) is 30.0 Å². The van der Waals surface area contributed by atoms with Gasteiger partial charge in [0.1, 0.15) is 0 Å². The smallest absolute Gasteiger partial charge is 0.337 e. The fraction of sp³-hybridized carbons (Fsp3) is 0.214. The number of carbonyl (C=O) groups is 1. The number of imidazole rings is 1. The molecule has 37 heavy (non-hydrogen) atoms. The standard InChI is InChI=1S/C28H27F3N4OS/c1-2-18-35-25(21-13-7-4-8-14-21)24(20-11-5-3-6-12-20)34-27(35)37-19-17-32-26(36)33-23-16-10-9-15-22(23)28(29,30)31/h3-16H,2,17-19H2,1H3,(H2,32,33,36). The van der Waals surface area contributed by atoms with E-state index in [1.165, 1.54) is 30.0 Å². The topological polar surface area (TPSA) is 59.0 Å². The molecular formula is C28H27F3N4OS. The maximum atomic E-state index is 13.2. The number of nitrogens with zero attached hydrogens (tertiary/aromatic N) is 2. The molecule has 0 fully saturated rings. The predicted octanol–water partition coefficient (Wildman–Crippen LogP) is 7.56. The molecule has 4 rings (SSSR count). The molecule has 0 saturated carbocycles. The second-order valence-electron chi connectivity index (χ2n) is 8.25. The normalized spacial score (nSPS) is 11.4. The van der Waals surface area contributed by atoms with Gasteiger partial charge >= 0.3 is 12.2 Å². The number of carbonyl (C=O) groups excluding carboxylic acids is 1. The first-order valence-electron chi connectivity index (χ1n) is 11.9. The van der Waals surface area contributed by atoms with Crippen LogP contribution in [0.5, 0.6) is 0 Å². The second-order valence-corrected chi connectivity index (χ2v) is 9.31. The van der Waals surface area contributed by atoms with Crippen LogP contribution < -0.4 is 10.6 Å². The molecule has 1 heterocycles. The Hall–Kier alpha value is -3.72. The largest absolute Gasteiger partial charge is 0.418 e. The Balaban J connectivity index is 1.48. The summed E-state index contributed by atoms with van der Waals surface area (Å²) in [5.74, 6) is 0.498. The first-order valence-corrected chi connectivity index (χ1v) is 12.9. The second kappa shape index (κ2) is 12.0. The molecule has 0 bridgehead atoms. The van der Waals surface area contributed by atoms with E-state index in [-0.39, 0.29) is 12.2 Å². The van der Waals surface area contributed by atoms with Crippen molar-refractivity contribution in [1.82, 2.24) is 14.9 Å². The molecule has 0 unspecified atom stereocenters. The van der Waals surface area contributed by atoms with Gasteiger partial charge in [-0.05, 0) is 18.6 Å². The summed E-state index contributed by atoms with van der Waals surface area (Å²) in [5, 5.41) is 5.77. The third-order valence-electron chi connectivity index (χ3n) is 5.57. The zero-order valence-corrected chi connectivity index (χ0v) is 21.1. The lowest BCUT2D eigenvalue weighted by Gasteiger charge is -2.14. The lowest BCUT2D eigenvalue weighted by molar-refractivity contribution is -0.136. The Morgan fingerprint density at radius 1 is 0.919 bits per heavy atom. The van der Waals surface area contributed by atoms with Crippen LogP contribution in [0.25, 0.3) is 22.5 Å². The van der Waals surface area contributed by atoms with E-state index in [4.69, 9.17) is 4.98 Å². The number of nitrogens with one attached hydrogen (secondary N) is 2. The number of alkyl halides is 3. The van der Waals surface area contributed by atoms with Crippen molar-refractivity contribution >= 4 is 23.5 Å². The molecule has 2 amide bonds. The zero-order valence-electron chi connectivity index (χ0n) is 20.3. The minimum absolute atomic E-state index is 0.255. The van der Waals surface area contributed by atoms with Crippen LogP contribution in [-0.2, 0) is 12.7 Å². The monoisotopic (exact) mass is 524 g/mol. The van der Waals surface area contributed by atoms with Crippen LogP contribution in [0.4, 0.5) is 23.7 Å². The average Bonchev–Trinajstić information content (AvgIpc) is 3.25. The lowest BCUT2D eigenvalue weighted by Crippen LogP contribution is -2.31. The van der Waals surface area contributed by atoms with Gasteiger partial charge in [0.05, 0.1) is 22.6 Å². The van der Waals surface area contributed by atoms with Crippen LogP contribution in [0.3, 0.4) is 0 Å². The van der Waals surface area contributed by atoms with Gasteiger partial charge in [-0.2, -0.15) is 13.2 Å². The Bertz CT molecular complexity index is 1320. The van der Waals surface area contributed by atoms with Gasteiger partial charge in [-0.3, -0.25) is 0 Å². The van der Waals surface area contributed by atoms with Gasteiger partial charge in [0.2, 0.25) is 0 Å². The number of hydrogen-bond donors (Lipinski definition) is 2. The number of thioether (sulfide) groups is 1. The summed E-state index contributed by atoms with van der Waals surface area (Å²) in [6, 6.07) is 24.3. The van der Waals surface area contributed by atoms with Gasteiger partial charge < -0.3 is 15.2 Å². The van der Waals surface area contributed by atoms with E-state index >= 15 is 0 Å². The van der Waals surface area contributed by atoms with Crippen LogP contribution in [0, 0.1) is 0 Å². The minimum atomic E-state index is -4.55. The van der Waals surface area contributed by atoms with Crippen molar-refractivity contribution < 1.29 is 18.0 Å². The first-order chi connectivity index (χ1) is 17.9. The summed E-state index contributed by atoms with van der Waals surface area (Å²) < 4.78 is 41.8. The summed E-state index contributed by atoms with van der Waals surface area (Å²) in [5.41, 5.74) is 2.83. The molecule has 1 aromatic heterocycles. The van der Waals surface area contributed by atoms with Crippen molar-refractivity contribution in [3.63, 3.8) is 0 Å². The first kappa shape index (κ1) is 26.3. The van der Waals surface area contributed by atoms with Crippen LogP contribution in [-0.4, -0.2) is 27.9 Å². The molecule has 0 atom stereocenters. The predicted molar refractivity (Wildman–Crippen MR) is 143 cm³/mol. The molecule has 0 aliphatic rings. The van der Waals surface area contributed by atoms with Gasteiger partial charge in [0.25, 0.3) is 0 Å². The number of benzene rings is 3. The highest BCUT2D eigenvalue weighted by Crippen LogP contribution is 2.36. The summed E-state index contributed by atoms with van der Waals surface area (Å²) >= 11 is 1.50. The number of halogens is 3. The number of amides is 2. The Labute approximate surface area is 218 Å². The van der Waals surface area contributed by atoms with Crippen molar-refractivity contribution in [1.29, 1.82) is 0 Å². The number of rotatable bonds is 9. The molecule has 5 nitrogen and oxygen atoms in total. The van der Waals surface area contributed by atoms with Gasteiger partial charge in [-0.25, -0.2) is 9.78 Å². The van der Waals surface area contributed by atoms with E-state index in [0.717, 1.165) is 46.7 Å². The SMILES string of the molecule is CCCn1c(SCCNC(=O)Nc2ccccc2C(F)(F)F)nc(-c2ccccc2)c1-c1ccccc1. The van der Waals surface area contributed by atoms with Crippen LogP contribution in [0.15, 0.2) is 90.1 Å².